The summed E-state index contributed by atoms with van der Waals surface area (Å²) in [7, 11) is 0. The van der Waals surface area contributed by atoms with Crippen molar-refractivity contribution in [1.82, 2.24) is 4.98 Å². The lowest BCUT2D eigenvalue weighted by Gasteiger charge is -2.20. The second kappa shape index (κ2) is 7.25. The summed E-state index contributed by atoms with van der Waals surface area (Å²) in [6.07, 6.45) is 0. The van der Waals surface area contributed by atoms with E-state index in [1.165, 1.54) is 46.6 Å². The highest BCUT2D eigenvalue weighted by atomic mass is 32.1. The molecule has 4 aromatic rings. The second-order valence-corrected chi connectivity index (χ2v) is 7.00. The van der Waals surface area contributed by atoms with Gasteiger partial charge in [-0.2, -0.15) is 0 Å². The molecular formula is C21H14F2N2OS. The lowest BCUT2D eigenvalue weighted by atomic mass is 10.1. The van der Waals surface area contributed by atoms with Crippen LogP contribution in [0.1, 0.15) is 15.9 Å². The third kappa shape index (κ3) is 3.71. The Balaban J connectivity index is 1.77. The molecule has 0 spiro atoms. The Kier molecular flexibility index (Phi) is 4.64. The zero-order chi connectivity index (χ0) is 18.8. The zero-order valence-corrected chi connectivity index (χ0v) is 14.9. The molecule has 0 aliphatic rings. The molecule has 0 aliphatic heterocycles. The van der Waals surface area contributed by atoms with Crippen molar-refractivity contribution in [2.45, 2.75) is 6.54 Å². The van der Waals surface area contributed by atoms with E-state index in [4.69, 9.17) is 0 Å². The van der Waals surface area contributed by atoms with Crippen molar-refractivity contribution in [2.75, 3.05) is 4.90 Å². The van der Waals surface area contributed by atoms with Crippen LogP contribution >= 0.6 is 11.3 Å². The lowest BCUT2D eigenvalue weighted by Crippen LogP contribution is -2.30. The summed E-state index contributed by atoms with van der Waals surface area (Å²) in [6.45, 7) is 0.276. The van der Waals surface area contributed by atoms with Crippen molar-refractivity contribution in [3.8, 4) is 0 Å². The minimum Gasteiger partial charge on any atom is -0.279 e. The smallest absolute Gasteiger partial charge is 0.260 e. The summed E-state index contributed by atoms with van der Waals surface area (Å²) in [4.78, 5) is 19.1. The predicted octanol–water partition coefficient (Wildman–Crippen LogP) is 5.42. The van der Waals surface area contributed by atoms with E-state index in [0.717, 1.165) is 5.56 Å². The molecule has 134 valence electrons. The molecule has 0 unspecified atom stereocenters. The van der Waals surface area contributed by atoms with Gasteiger partial charge >= 0.3 is 0 Å². The molecule has 4 rings (SSSR count). The Morgan fingerprint density at radius 2 is 1.70 bits per heavy atom. The average molecular weight is 380 g/mol. The first kappa shape index (κ1) is 17.3. The van der Waals surface area contributed by atoms with Crippen molar-refractivity contribution in [1.29, 1.82) is 0 Å². The number of fused-ring (bicyclic) bond motifs is 1. The molecule has 0 bridgehead atoms. The largest absolute Gasteiger partial charge is 0.279 e. The van der Waals surface area contributed by atoms with E-state index >= 15 is 0 Å². The van der Waals surface area contributed by atoms with Gasteiger partial charge in [0.25, 0.3) is 5.91 Å². The Labute approximate surface area is 158 Å². The van der Waals surface area contributed by atoms with Crippen LogP contribution in [0, 0.1) is 11.6 Å². The van der Waals surface area contributed by atoms with Gasteiger partial charge in [0, 0.05) is 5.56 Å². The number of halogens is 2. The van der Waals surface area contributed by atoms with Crippen LogP contribution in [0.25, 0.3) is 10.2 Å². The Morgan fingerprint density at radius 1 is 0.926 bits per heavy atom. The van der Waals surface area contributed by atoms with E-state index in [1.807, 2.05) is 30.3 Å². The predicted molar refractivity (Wildman–Crippen MR) is 103 cm³/mol. The molecular weight excluding hydrogens is 366 g/mol. The summed E-state index contributed by atoms with van der Waals surface area (Å²) in [5.41, 5.74) is 1.76. The number of nitrogens with zero attached hydrogens (tertiary/aromatic N) is 2. The zero-order valence-electron chi connectivity index (χ0n) is 14.1. The number of thiazole rings is 1. The first-order valence-electron chi connectivity index (χ1n) is 8.27. The molecule has 0 atom stereocenters. The summed E-state index contributed by atoms with van der Waals surface area (Å²) in [6, 6.07) is 19.3. The van der Waals surface area contributed by atoms with Crippen LogP contribution in [0.2, 0.25) is 0 Å². The van der Waals surface area contributed by atoms with Gasteiger partial charge in [-0.3, -0.25) is 9.69 Å². The number of hydrogen-bond acceptors (Lipinski definition) is 3. The number of anilines is 1. The monoisotopic (exact) mass is 380 g/mol. The van der Waals surface area contributed by atoms with E-state index in [1.54, 1.807) is 12.1 Å². The van der Waals surface area contributed by atoms with Crippen molar-refractivity contribution in [3.05, 3.63) is 95.6 Å². The van der Waals surface area contributed by atoms with Crippen LogP contribution in [0.5, 0.6) is 0 Å². The van der Waals surface area contributed by atoms with Gasteiger partial charge in [0.1, 0.15) is 11.6 Å². The SMILES string of the molecule is O=C(c1cccc(F)c1)N(Cc1ccccc1)c1nc2ccc(F)cc2s1. The number of rotatable bonds is 4. The van der Waals surface area contributed by atoms with Gasteiger partial charge in [-0.15, -0.1) is 0 Å². The Bertz CT molecular complexity index is 1110. The van der Waals surface area contributed by atoms with Crippen LogP contribution in [0.4, 0.5) is 13.9 Å². The number of amides is 1. The number of hydrogen-bond donors (Lipinski definition) is 0. The highest BCUT2D eigenvalue weighted by molar-refractivity contribution is 7.22. The highest BCUT2D eigenvalue weighted by Gasteiger charge is 2.22. The second-order valence-electron chi connectivity index (χ2n) is 6.00. The van der Waals surface area contributed by atoms with E-state index in [2.05, 4.69) is 4.98 Å². The summed E-state index contributed by atoms with van der Waals surface area (Å²) in [5, 5.41) is 0.439. The molecule has 0 radical (unpaired) electrons. The molecule has 0 N–H and O–H groups in total. The molecule has 0 fully saturated rings. The maximum atomic E-state index is 13.6. The van der Waals surface area contributed by atoms with Crippen LogP contribution in [-0.2, 0) is 6.54 Å². The highest BCUT2D eigenvalue weighted by Crippen LogP contribution is 2.31. The molecule has 0 saturated heterocycles. The van der Waals surface area contributed by atoms with Gasteiger partial charge < -0.3 is 0 Å². The third-order valence-corrected chi connectivity index (χ3v) is 5.11. The number of carbonyl (C=O) groups excluding carboxylic acids is 1. The quantitative estimate of drug-likeness (QED) is 0.474. The molecule has 27 heavy (non-hydrogen) atoms. The van der Waals surface area contributed by atoms with Crippen LogP contribution in [0.15, 0.2) is 72.8 Å². The number of benzene rings is 3. The Morgan fingerprint density at radius 3 is 2.48 bits per heavy atom. The minimum atomic E-state index is -0.480. The van der Waals surface area contributed by atoms with Gasteiger partial charge in [0.2, 0.25) is 0 Å². The molecule has 1 aromatic heterocycles. The molecule has 3 nitrogen and oxygen atoms in total. The van der Waals surface area contributed by atoms with Crippen molar-refractivity contribution in [2.24, 2.45) is 0 Å². The fraction of sp³-hybridized carbons (Fsp3) is 0.0476. The average Bonchev–Trinajstić information content (AvgIpc) is 3.09. The molecule has 3 aromatic carbocycles. The van der Waals surface area contributed by atoms with Crippen LogP contribution in [-0.4, -0.2) is 10.9 Å². The summed E-state index contributed by atoms with van der Waals surface area (Å²) in [5.74, 6) is -1.20. The van der Waals surface area contributed by atoms with Crippen LogP contribution in [0.3, 0.4) is 0 Å². The van der Waals surface area contributed by atoms with Gasteiger partial charge in [-0.25, -0.2) is 13.8 Å². The van der Waals surface area contributed by atoms with E-state index in [9.17, 15) is 13.6 Å². The first-order chi connectivity index (χ1) is 13.1. The number of carbonyl (C=O) groups is 1. The maximum Gasteiger partial charge on any atom is 0.260 e. The topological polar surface area (TPSA) is 33.2 Å². The van der Waals surface area contributed by atoms with Crippen molar-refractivity contribution < 1.29 is 13.6 Å². The standard InChI is InChI=1S/C21H14F2N2OS/c22-16-8-4-7-15(11-16)20(26)25(13-14-5-2-1-3-6-14)21-24-18-10-9-17(23)12-19(18)27-21/h1-12H,13H2. The number of aromatic nitrogens is 1. The fourth-order valence-electron chi connectivity index (χ4n) is 2.77. The Hall–Kier alpha value is -3.12. The van der Waals surface area contributed by atoms with Gasteiger partial charge in [-0.1, -0.05) is 47.7 Å². The summed E-state index contributed by atoms with van der Waals surface area (Å²) >= 11 is 1.23. The maximum absolute atomic E-state index is 13.6. The van der Waals surface area contributed by atoms with Gasteiger partial charge in [0.15, 0.2) is 5.13 Å². The molecule has 6 heteroatoms. The van der Waals surface area contributed by atoms with E-state index in [-0.39, 0.29) is 23.8 Å². The van der Waals surface area contributed by atoms with Crippen molar-refractivity contribution in [3.63, 3.8) is 0 Å². The van der Waals surface area contributed by atoms with Crippen LogP contribution < -0.4 is 4.90 Å². The minimum absolute atomic E-state index is 0.233. The van der Waals surface area contributed by atoms with Gasteiger partial charge in [0.05, 0.1) is 16.8 Å². The molecule has 0 saturated carbocycles. The third-order valence-electron chi connectivity index (χ3n) is 4.07. The molecule has 1 heterocycles. The summed E-state index contributed by atoms with van der Waals surface area (Å²) < 4.78 is 27.8. The van der Waals surface area contributed by atoms with Crippen molar-refractivity contribution >= 4 is 32.6 Å². The van der Waals surface area contributed by atoms with E-state index < -0.39 is 5.82 Å². The molecule has 1 amide bonds. The normalized spacial score (nSPS) is 10.9. The molecule has 0 aliphatic carbocycles. The fourth-order valence-corrected chi connectivity index (χ4v) is 3.76. The van der Waals surface area contributed by atoms with Gasteiger partial charge in [-0.05, 0) is 42.0 Å². The first-order valence-corrected chi connectivity index (χ1v) is 9.09. The lowest BCUT2D eigenvalue weighted by molar-refractivity contribution is 0.0984. The van der Waals surface area contributed by atoms with E-state index in [0.29, 0.717) is 15.3 Å².